The van der Waals surface area contributed by atoms with Gasteiger partial charge in [0.05, 0.1) is 0 Å². The van der Waals surface area contributed by atoms with Crippen molar-refractivity contribution < 1.29 is 0 Å². The van der Waals surface area contributed by atoms with Crippen LogP contribution in [0, 0.1) is 11.8 Å². The van der Waals surface area contributed by atoms with Gasteiger partial charge in [-0.2, -0.15) is 0 Å². The summed E-state index contributed by atoms with van der Waals surface area (Å²) in [6, 6.07) is 0.763. The second kappa shape index (κ2) is 6.02. The quantitative estimate of drug-likeness (QED) is 0.792. The molecular formula is C14H28N2. The first-order chi connectivity index (χ1) is 7.78. The predicted molar refractivity (Wildman–Crippen MR) is 69.6 cm³/mol. The van der Waals surface area contributed by atoms with Crippen molar-refractivity contribution in [3.8, 4) is 0 Å². The third-order valence-electron chi connectivity index (χ3n) is 4.42. The summed E-state index contributed by atoms with van der Waals surface area (Å²) in [6.45, 7) is 9.96. The summed E-state index contributed by atoms with van der Waals surface area (Å²) < 4.78 is 0. The molecule has 16 heavy (non-hydrogen) atoms. The van der Waals surface area contributed by atoms with E-state index in [0.717, 1.165) is 17.9 Å². The molecule has 2 nitrogen and oxygen atoms in total. The minimum Gasteiger partial charge on any atom is -0.313 e. The molecule has 2 heterocycles. The van der Waals surface area contributed by atoms with Crippen LogP contribution in [-0.4, -0.2) is 37.1 Å². The molecular weight excluding hydrogens is 196 g/mol. The van der Waals surface area contributed by atoms with E-state index in [1.807, 2.05) is 0 Å². The molecule has 2 saturated heterocycles. The van der Waals surface area contributed by atoms with Crippen LogP contribution in [0.5, 0.6) is 0 Å². The van der Waals surface area contributed by atoms with Crippen LogP contribution in [0.2, 0.25) is 0 Å². The number of piperidine rings is 2. The van der Waals surface area contributed by atoms with Crippen molar-refractivity contribution in [2.45, 2.75) is 52.0 Å². The van der Waals surface area contributed by atoms with E-state index < -0.39 is 0 Å². The van der Waals surface area contributed by atoms with Gasteiger partial charge >= 0.3 is 0 Å². The van der Waals surface area contributed by atoms with E-state index in [0.29, 0.717) is 0 Å². The molecule has 0 aromatic carbocycles. The maximum Gasteiger partial charge on any atom is 0.0197 e. The van der Waals surface area contributed by atoms with Gasteiger partial charge in [-0.25, -0.2) is 0 Å². The molecule has 0 radical (unpaired) electrons. The number of nitrogens with one attached hydrogen (secondary N) is 1. The molecule has 3 unspecified atom stereocenters. The Morgan fingerprint density at radius 3 is 2.94 bits per heavy atom. The van der Waals surface area contributed by atoms with Gasteiger partial charge in [0.15, 0.2) is 0 Å². The Balaban J connectivity index is 1.75. The van der Waals surface area contributed by atoms with Gasteiger partial charge in [0.1, 0.15) is 0 Å². The van der Waals surface area contributed by atoms with Crippen molar-refractivity contribution in [3.05, 3.63) is 0 Å². The lowest BCUT2D eigenvalue weighted by Crippen LogP contribution is -2.48. The Morgan fingerprint density at radius 1 is 1.31 bits per heavy atom. The third kappa shape index (κ3) is 3.46. The Morgan fingerprint density at radius 2 is 2.19 bits per heavy atom. The van der Waals surface area contributed by atoms with E-state index in [4.69, 9.17) is 0 Å². The zero-order valence-electron chi connectivity index (χ0n) is 11.0. The number of rotatable bonds is 3. The Hall–Kier alpha value is -0.0800. The first-order valence-electron chi connectivity index (χ1n) is 7.23. The normalized spacial score (nSPS) is 37.5. The average molecular weight is 224 g/mol. The van der Waals surface area contributed by atoms with Crippen molar-refractivity contribution in [1.29, 1.82) is 0 Å². The zero-order chi connectivity index (χ0) is 11.4. The van der Waals surface area contributed by atoms with E-state index >= 15 is 0 Å². The van der Waals surface area contributed by atoms with Crippen molar-refractivity contribution in [2.24, 2.45) is 11.8 Å². The number of hydrogen-bond donors (Lipinski definition) is 1. The molecule has 94 valence electrons. The summed E-state index contributed by atoms with van der Waals surface area (Å²) in [5.41, 5.74) is 0. The first-order valence-corrected chi connectivity index (χ1v) is 7.23. The topological polar surface area (TPSA) is 15.3 Å². The number of hydrogen-bond acceptors (Lipinski definition) is 2. The fraction of sp³-hybridized carbons (Fsp3) is 1.00. The highest BCUT2D eigenvalue weighted by Gasteiger charge is 2.24. The maximum atomic E-state index is 3.69. The molecule has 0 amide bonds. The van der Waals surface area contributed by atoms with Crippen molar-refractivity contribution >= 4 is 0 Å². The lowest BCUT2D eigenvalue weighted by Gasteiger charge is -2.37. The second-order valence-corrected chi connectivity index (χ2v) is 5.96. The minimum atomic E-state index is 0.763. The molecule has 0 spiro atoms. The minimum absolute atomic E-state index is 0.763. The van der Waals surface area contributed by atoms with Crippen LogP contribution in [0.4, 0.5) is 0 Å². The molecule has 0 aliphatic carbocycles. The van der Waals surface area contributed by atoms with Crippen molar-refractivity contribution in [3.63, 3.8) is 0 Å². The number of likely N-dealkylation sites (tertiary alicyclic amines) is 1. The van der Waals surface area contributed by atoms with Crippen molar-refractivity contribution in [2.75, 3.05) is 26.2 Å². The predicted octanol–water partition coefficient (Wildman–Crippen LogP) is 2.50. The summed E-state index contributed by atoms with van der Waals surface area (Å²) in [5, 5.41) is 3.69. The van der Waals surface area contributed by atoms with Gasteiger partial charge in [-0.15, -0.1) is 0 Å². The molecule has 2 fully saturated rings. The van der Waals surface area contributed by atoms with Crippen LogP contribution in [-0.2, 0) is 0 Å². The van der Waals surface area contributed by atoms with Crippen LogP contribution >= 0.6 is 0 Å². The smallest absolute Gasteiger partial charge is 0.0197 e. The Kier molecular flexibility index (Phi) is 4.66. The van der Waals surface area contributed by atoms with E-state index in [1.54, 1.807) is 0 Å². The van der Waals surface area contributed by atoms with Gasteiger partial charge in [-0.05, 0) is 50.6 Å². The van der Waals surface area contributed by atoms with Crippen LogP contribution < -0.4 is 5.32 Å². The highest BCUT2D eigenvalue weighted by atomic mass is 15.2. The molecule has 1 N–H and O–H groups in total. The lowest BCUT2D eigenvalue weighted by atomic mass is 9.92. The van der Waals surface area contributed by atoms with Crippen LogP contribution in [0.25, 0.3) is 0 Å². The molecule has 0 aromatic heterocycles. The van der Waals surface area contributed by atoms with Gasteiger partial charge in [-0.1, -0.05) is 20.3 Å². The van der Waals surface area contributed by atoms with Gasteiger partial charge in [0.2, 0.25) is 0 Å². The van der Waals surface area contributed by atoms with E-state index in [-0.39, 0.29) is 0 Å². The third-order valence-corrected chi connectivity index (χ3v) is 4.42. The highest BCUT2D eigenvalue weighted by Crippen LogP contribution is 2.21. The molecule has 3 atom stereocenters. The first kappa shape index (κ1) is 12.4. The highest BCUT2D eigenvalue weighted by molar-refractivity contribution is 4.81. The molecule has 0 saturated carbocycles. The lowest BCUT2D eigenvalue weighted by molar-refractivity contribution is 0.142. The molecule has 0 bridgehead atoms. The fourth-order valence-corrected chi connectivity index (χ4v) is 3.32. The van der Waals surface area contributed by atoms with Gasteiger partial charge in [-0.3, -0.25) is 0 Å². The second-order valence-electron chi connectivity index (χ2n) is 5.96. The van der Waals surface area contributed by atoms with E-state index in [1.165, 1.54) is 58.3 Å². The molecule has 2 aliphatic rings. The zero-order valence-corrected chi connectivity index (χ0v) is 11.0. The van der Waals surface area contributed by atoms with Gasteiger partial charge < -0.3 is 10.2 Å². The molecule has 2 aliphatic heterocycles. The van der Waals surface area contributed by atoms with E-state index in [2.05, 4.69) is 24.1 Å². The number of nitrogens with zero attached hydrogens (tertiary/aromatic N) is 1. The van der Waals surface area contributed by atoms with E-state index in [9.17, 15) is 0 Å². The average Bonchev–Trinajstić information content (AvgIpc) is 2.29. The van der Waals surface area contributed by atoms with Crippen molar-refractivity contribution in [1.82, 2.24) is 10.2 Å². The van der Waals surface area contributed by atoms with Crippen LogP contribution in [0.1, 0.15) is 46.0 Å². The summed E-state index contributed by atoms with van der Waals surface area (Å²) in [6.07, 6.45) is 6.99. The summed E-state index contributed by atoms with van der Waals surface area (Å²) >= 11 is 0. The fourth-order valence-electron chi connectivity index (χ4n) is 3.32. The van der Waals surface area contributed by atoms with Crippen LogP contribution in [0.15, 0.2) is 0 Å². The summed E-state index contributed by atoms with van der Waals surface area (Å²) in [4.78, 5) is 2.70. The molecule has 2 rings (SSSR count). The molecule has 0 aromatic rings. The monoisotopic (exact) mass is 224 g/mol. The van der Waals surface area contributed by atoms with Gasteiger partial charge in [0.25, 0.3) is 0 Å². The van der Waals surface area contributed by atoms with Crippen LogP contribution in [0.3, 0.4) is 0 Å². The largest absolute Gasteiger partial charge is 0.313 e. The van der Waals surface area contributed by atoms with Gasteiger partial charge in [0, 0.05) is 19.1 Å². The Labute approximate surface area is 101 Å². The SMILES string of the molecule is CCC1CCCN(CC2CC(C)CCN2)C1. The molecule has 2 heteroatoms. The standard InChI is InChI=1S/C14H28N2/c1-3-13-5-4-8-16(10-13)11-14-9-12(2)6-7-15-14/h12-15H,3-11H2,1-2H3. The Bertz CT molecular complexity index is 205. The summed E-state index contributed by atoms with van der Waals surface area (Å²) in [5.74, 6) is 1.90. The maximum absolute atomic E-state index is 3.69. The summed E-state index contributed by atoms with van der Waals surface area (Å²) in [7, 11) is 0.